The van der Waals surface area contributed by atoms with Crippen LogP contribution in [0.15, 0.2) is 23.1 Å². The lowest BCUT2D eigenvalue weighted by atomic mass is 10.0. The second kappa shape index (κ2) is 3.79. The molecule has 2 aliphatic rings. The van der Waals surface area contributed by atoms with Crippen LogP contribution in [0.25, 0.3) is 0 Å². The van der Waals surface area contributed by atoms with Crippen LogP contribution in [0.2, 0.25) is 0 Å². The molecule has 0 aliphatic carbocycles. The molecule has 2 heterocycles. The van der Waals surface area contributed by atoms with Gasteiger partial charge in [-0.2, -0.15) is 0 Å². The van der Waals surface area contributed by atoms with E-state index in [2.05, 4.69) is 17.4 Å². The van der Waals surface area contributed by atoms with Gasteiger partial charge >= 0.3 is 0 Å². The van der Waals surface area contributed by atoms with Crippen molar-refractivity contribution in [1.82, 2.24) is 10.2 Å². The second-order valence-corrected chi connectivity index (χ2v) is 4.99. The molecule has 2 aliphatic heterocycles. The van der Waals surface area contributed by atoms with Gasteiger partial charge in [-0.05, 0) is 17.9 Å². The molecule has 84 valence electrons. The van der Waals surface area contributed by atoms with E-state index in [4.69, 9.17) is 0 Å². The summed E-state index contributed by atoms with van der Waals surface area (Å²) in [4.78, 5) is 15.4. The standard InChI is InChI=1S/C12H14N2OS/c1-16-10-4-2-3-8-9-7-13-5-6-14(9)12(15)11(8)10/h2-4,9,13H,5-7H2,1H3/t9-/m1/s1. The van der Waals surface area contributed by atoms with Gasteiger partial charge in [-0.25, -0.2) is 0 Å². The van der Waals surface area contributed by atoms with E-state index in [1.54, 1.807) is 11.8 Å². The third-order valence-corrected chi connectivity index (χ3v) is 4.14. The van der Waals surface area contributed by atoms with Gasteiger partial charge < -0.3 is 10.2 Å². The Balaban J connectivity index is 2.13. The zero-order valence-electron chi connectivity index (χ0n) is 9.19. The Bertz CT molecular complexity index is 447. The highest BCUT2D eigenvalue weighted by Crippen LogP contribution is 2.38. The van der Waals surface area contributed by atoms with Gasteiger partial charge in [0, 0.05) is 24.5 Å². The van der Waals surface area contributed by atoms with Crippen LogP contribution in [0.1, 0.15) is 22.0 Å². The van der Waals surface area contributed by atoms with Crippen molar-refractivity contribution >= 4 is 17.7 Å². The molecule has 0 radical (unpaired) electrons. The smallest absolute Gasteiger partial charge is 0.255 e. The molecule has 0 saturated carbocycles. The van der Waals surface area contributed by atoms with E-state index in [1.165, 1.54) is 5.56 Å². The maximum Gasteiger partial charge on any atom is 0.255 e. The first kappa shape index (κ1) is 10.2. The SMILES string of the molecule is CSc1cccc2c1C(=O)N1CCNC[C@H]21. The van der Waals surface area contributed by atoms with Crippen LogP contribution in [0.5, 0.6) is 0 Å². The minimum atomic E-state index is 0.214. The minimum absolute atomic E-state index is 0.214. The Morgan fingerprint density at radius 2 is 2.38 bits per heavy atom. The van der Waals surface area contributed by atoms with Crippen LogP contribution >= 0.6 is 11.8 Å². The third kappa shape index (κ3) is 1.30. The van der Waals surface area contributed by atoms with Gasteiger partial charge in [-0.1, -0.05) is 12.1 Å². The predicted octanol–water partition coefficient (Wildman–Crippen LogP) is 1.51. The molecule has 0 aromatic heterocycles. The summed E-state index contributed by atoms with van der Waals surface area (Å²) in [6, 6.07) is 6.43. The molecule has 1 amide bonds. The quantitative estimate of drug-likeness (QED) is 0.748. The molecule has 16 heavy (non-hydrogen) atoms. The summed E-state index contributed by atoms with van der Waals surface area (Å²) in [5.74, 6) is 0.214. The minimum Gasteiger partial charge on any atom is -0.329 e. The first-order chi connectivity index (χ1) is 7.83. The fraction of sp³-hybridized carbons (Fsp3) is 0.417. The van der Waals surface area contributed by atoms with Crippen LogP contribution in [0.3, 0.4) is 0 Å². The zero-order chi connectivity index (χ0) is 11.1. The van der Waals surface area contributed by atoms with Crippen molar-refractivity contribution in [1.29, 1.82) is 0 Å². The van der Waals surface area contributed by atoms with Crippen LogP contribution in [-0.4, -0.2) is 36.7 Å². The Kier molecular flexibility index (Phi) is 2.41. The van der Waals surface area contributed by atoms with Crippen LogP contribution in [0, 0.1) is 0 Å². The van der Waals surface area contributed by atoms with Crippen molar-refractivity contribution in [3.05, 3.63) is 29.3 Å². The van der Waals surface area contributed by atoms with Gasteiger partial charge in [0.25, 0.3) is 5.91 Å². The van der Waals surface area contributed by atoms with Crippen molar-refractivity contribution in [2.24, 2.45) is 0 Å². The Labute approximate surface area is 99.2 Å². The molecular formula is C12H14N2OS. The lowest BCUT2D eigenvalue weighted by molar-refractivity contribution is 0.0689. The molecule has 4 heteroatoms. The van der Waals surface area contributed by atoms with E-state index in [9.17, 15) is 4.79 Å². The highest BCUT2D eigenvalue weighted by Gasteiger charge is 2.39. The van der Waals surface area contributed by atoms with E-state index in [1.807, 2.05) is 17.2 Å². The van der Waals surface area contributed by atoms with Gasteiger partial charge in [0.1, 0.15) is 0 Å². The number of benzene rings is 1. The Morgan fingerprint density at radius 3 is 3.19 bits per heavy atom. The molecule has 1 aromatic carbocycles. The largest absolute Gasteiger partial charge is 0.329 e. The van der Waals surface area contributed by atoms with Crippen LogP contribution < -0.4 is 5.32 Å². The number of thioether (sulfide) groups is 1. The first-order valence-corrected chi connectivity index (χ1v) is 6.74. The van der Waals surface area contributed by atoms with E-state index in [0.717, 1.165) is 30.1 Å². The highest BCUT2D eigenvalue weighted by molar-refractivity contribution is 7.98. The number of amides is 1. The van der Waals surface area contributed by atoms with Gasteiger partial charge in [0.15, 0.2) is 0 Å². The number of carbonyl (C=O) groups is 1. The zero-order valence-corrected chi connectivity index (χ0v) is 10.0. The number of nitrogens with one attached hydrogen (secondary N) is 1. The molecule has 0 bridgehead atoms. The van der Waals surface area contributed by atoms with Crippen molar-refractivity contribution in [2.75, 3.05) is 25.9 Å². The lowest BCUT2D eigenvalue weighted by Crippen LogP contribution is -2.44. The van der Waals surface area contributed by atoms with E-state index in [-0.39, 0.29) is 11.9 Å². The van der Waals surface area contributed by atoms with Crippen molar-refractivity contribution in [3.8, 4) is 0 Å². The van der Waals surface area contributed by atoms with Crippen molar-refractivity contribution in [3.63, 3.8) is 0 Å². The average molecular weight is 234 g/mol. The normalized spacial score (nSPS) is 23.2. The monoisotopic (exact) mass is 234 g/mol. The molecule has 0 spiro atoms. The van der Waals surface area contributed by atoms with Gasteiger partial charge in [-0.3, -0.25) is 4.79 Å². The molecular weight excluding hydrogens is 220 g/mol. The topological polar surface area (TPSA) is 32.3 Å². The number of piperazine rings is 1. The molecule has 1 fully saturated rings. The number of nitrogens with zero attached hydrogens (tertiary/aromatic N) is 1. The van der Waals surface area contributed by atoms with Crippen molar-refractivity contribution in [2.45, 2.75) is 10.9 Å². The maximum absolute atomic E-state index is 12.3. The number of hydrogen-bond donors (Lipinski definition) is 1. The summed E-state index contributed by atoms with van der Waals surface area (Å²) in [7, 11) is 0. The summed E-state index contributed by atoms with van der Waals surface area (Å²) in [5, 5.41) is 3.35. The summed E-state index contributed by atoms with van der Waals surface area (Å²) in [6.45, 7) is 2.62. The molecule has 1 aromatic rings. The predicted molar refractivity (Wildman–Crippen MR) is 64.9 cm³/mol. The number of rotatable bonds is 1. The molecule has 3 nitrogen and oxygen atoms in total. The molecule has 3 rings (SSSR count). The van der Waals surface area contributed by atoms with Gasteiger partial charge in [0.05, 0.1) is 11.6 Å². The summed E-state index contributed by atoms with van der Waals surface area (Å²) >= 11 is 1.66. The lowest BCUT2D eigenvalue weighted by Gasteiger charge is -2.30. The second-order valence-electron chi connectivity index (χ2n) is 4.14. The van der Waals surface area contributed by atoms with Crippen LogP contribution in [-0.2, 0) is 0 Å². The van der Waals surface area contributed by atoms with Gasteiger partial charge in [-0.15, -0.1) is 11.8 Å². The summed E-state index contributed by atoms with van der Waals surface area (Å²) < 4.78 is 0. The first-order valence-electron chi connectivity index (χ1n) is 5.51. The molecule has 1 saturated heterocycles. The Morgan fingerprint density at radius 1 is 1.50 bits per heavy atom. The van der Waals surface area contributed by atoms with E-state index < -0.39 is 0 Å². The molecule has 0 unspecified atom stereocenters. The van der Waals surface area contributed by atoms with Crippen LogP contribution in [0.4, 0.5) is 0 Å². The maximum atomic E-state index is 12.3. The number of fused-ring (bicyclic) bond motifs is 3. The highest BCUT2D eigenvalue weighted by atomic mass is 32.2. The summed E-state index contributed by atoms with van der Waals surface area (Å²) in [6.07, 6.45) is 2.03. The van der Waals surface area contributed by atoms with E-state index >= 15 is 0 Å². The van der Waals surface area contributed by atoms with E-state index in [0.29, 0.717) is 0 Å². The fourth-order valence-electron chi connectivity index (χ4n) is 2.59. The molecule has 1 N–H and O–H groups in total. The number of hydrogen-bond acceptors (Lipinski definition) is 3. The molecule has 1 atom stereocenters. The summed E-state index contributed by atoms with van der Waals surface area (Å²) in [5.41, 5.74) is 2.13. The number of carbonyl (C=O) groups excluding carboxylic acids is 1. The fourth-order valence-corrected chi connectivity index (χ4v) is 3.22. The van der Waals surface area contributed by atoms with Crippen molar-refractivity contribution < 1.29 is 4.79 Å². The average Bonchev–Trinajstić information content (AvgIpc) is 2.64. The van der Waals surface area contributed by atoms with Gasteiger partial charge in [0.2, 0.25) is 0 Å². The third-order valence-electron chi connectivity index (χ3n) is 3.36. The Hall–Kier alpha value is -1.00.